The molecule has 0 saturated carbocycles. The molecule has 1 heterocycles. The third-order valence-electron chi connectivity index (χ3n) is 3.20. The average Bonchev–Trinajstić information content (AvgIpc) is 2.65. The molecule has 0 radical (unpaired) electrons. The molecule has 0 unspecified atom stereocenters. The Morgan fingerprint density at radius 3 is 2.90 bits per heavy atom. The van der Waals surface area contributed by atoms with Gasteiger partial charge in [-0.25, -0.2) is 4.98 Å². The van der Waals surface area contributed by atoms with E-state index in [2.05, 4.69) is 4.98 Å². The van der Waals surface area contributed by atoms with Crippen LogP contribution < -0.4 is 0 Å². The number of nitrogens with zero attached hydrogens (tertiary/aromatic N) is 3. The fourth-order valence-electron chi connectivity index (χ4n) is 2.29. The normalized spacial score (nSPS) is 11.4. The van der Waals surface area contributed by atoms with Crippen LogP contribution in [0.3, 0.4) is 0 Å². The van der Waals surface area contributed by atoms with Crippen LogP contribution in [-0.4, -0.2) is 38.6 Å². The second kappa shape index (κ2) is 6.24. The first kappa shape index (κ1) is 14.8. The van der Waals surface area contributed by atoms with Crippen LogP contribution in [0.2, 0.25) is 5.02 Å². The highest BCUT2D eigenvalue weighted by atomic mass is 35.5. The molecule has 0 saturated heterocycles. The highest BCUT2D eigenvalue weighted by molar-refractivity contribution is 6.31. The fourth-order valence-corrected chi connectivity index (χ4v) is 2.45. The fraction of sp³-hybridized carbons (Fsp3) is 0.429. The number of benzene rings is 1. The van der Waals surface area contributed by atoms with Gasteiger partial charge in [-0.15, -0.1) is 0 Å². The average molecular weight is 296 g/mol. The zero-order valence-electron chi connectivity index (χ0n) is 11.6. The lowest BCUT2D eigenvalue weighted by Crippen LogP contribution is -2.31. The van der Waals surface area contributed by atoms with Gasteiger partial charge in [0, 0.05) is 12.1 Å². The Labute approximate surface area is 122 Å². The van der Waals surface area contributed by atoms with Crippen molar-refractivity contribution < 1.29 is 9.90 Å². The minimum Gasteiger partial charge on any atom is -0.480 e. The molecule has 0 bridgehead atoms. The predicted octanol–water partition coefficient (Wildman–Crippen LogP) is 2.52. The van der Waals surface area contributed by atoms with Crippen molar-refractivity contribution in [1.29, 1.82) is 0 Å². The maximum atomic E-state index is 10.9. The van der Waals surface area contributed by atoms with Crippen molar-refractivity contribution >= 4 is 28.6 Å². The molecular weight excluding hydrogens is 278 g/mol. The van der Waals surface area contributed by atoms with Gasteiger partial charge in [-0.2, -0.15) is 0 Å². The monoisotopic (exact) mass is 295 g/mol. The van der Waals surface area contributed by atoms with E-state index in [0.717, 1.165) is 29.8 Å². The number of carbonyl (C=O) groups is 1. The number of aliphatic carboxylic acids is 1. The molecule has 0 aliphatic heterocycles. The molecule has 0 atom stereocenters. The molecule has 0 fully saturated rings. The van der Waals surface area contributed by atoms with E-state index < -0.39 is 5.97 Å². The number of imidazole rings is 1. The van der Waals surface area contributed by atoms with Gasteiger partial charge in [0.2, 0.25) is 0 Å². The van der Waals surface area contributed by atoms with Gasteiger partial charge in [0.1, 0.15) is 5.82 Å². The molecule has 1 aromatic carbocycles. The van der Waals surface area contributed by atoms with E-state index in [1.165, 1.54) is 0 Å². The van der Waals surface area contributed by atoms with Crippen molar-refractivity contribution in [2.45, 2.75) is 19.9 Å². The lowest BCUT2D eigenvalue weighted by Gasteiger charge is -2.18. The van der Waals surface area contributed by atoms with E-state index in [0.29, 0.717) is 11.6 Å². The smallest absolute Gasteiger partial charge is 0.317 e. The Morgan fingerprint density at radius 1 is 1.50 bits per heavy atom. The predicted molar refractivity (Wildman–Crippen MR) is 78.9 cm³/mol. The summed E-state index contributed by atoms with van der Waals surface area (Å²) in [6, 6.07) is 5.58. The second-order valence-corrected chi connectivity index (χ2v) is 5.26. The molecule has 108 valence electrons. The van der Waals surface area contributed by atoms with Gasteiger partial charge in [0.05, 0.1) is 24.1 Å². The summed E-state index contributed by atoms with van der Waals surface area (Å²) in [7, 11) is 1.93. The number of rotatable bonds is 6. The molecule has 0 aliphatic carbocycles. The van der Waals surface area contributed by atoms with E-state index in [9.17, 15) is 4.79 Å². The van der Waals surface area contributed by atoms with Crippen molar-refractivity contribution in [3.8, 4) is 0 Å². The van der Waals surface area contributed by atoms with Crippen molar-refractivity contribution in [3.63, 3.8) is 0 Å². The van der Waals surface area contributed by atoms with Crippen LogP contribution in [0.25, 0.3) is 11.0 Å². The Hall–Kier alpha value is -1.59. The summed E-state index contributed by atoms with van der Waals surface area (Å²) in [5.41, 5.74) is 1.83. The molecule has 0 amide bonds. The summed E-state index contributed by atoms with van der Waals surface area (Å²) in [4.78, 5) is 17.3. The first-order valence-corrected chi connectivity index (χ1v) is 6.94. The molecule has 1 aromatic heterocycles. The topological polar surface area (TPSA) is 58.4 Å². The van der Waals surface area contributed by atoms with Crippen molar-refractivity contribution in [2.75, 3.05) is 13.1 Å². The lowest BCUT2D eigenvalue weighted by molar-refractivity contribution is -0.138. The van der Waals surface area contributed by atoms with E-state index in [1.54, 1.807) is 0 Å². The summed E-state index contributed by atoms with van der Waals surface area (Å²) >= 11 is 5.97. The Balaban J connectivity index is 2.27. The first-order valence-electron chi connectivity index (χ1n) is 6.56. The summed E-state index contributed by atoms with van der Waals surface area (Å²) in [6.07, 6.45) is 0.906. The van der Waals surface area contributed by atoms with Crippen molar-refractivity contribution in [3.05, 3.63) is 29.0 Å². The number of halogens is 1. The molecule has 20 heavy (non-hydrogen) atoms. The Bertz CT molecular complexity index is 624. The van der Waals surface area contributed by atoms with Crippen LogP contribution in [0, 0.1) is 0 Å². The van der Waals surface area contributed by atoms with Crippen LogP contribution in [0.15, 0.2) is 18.2 Å². The van der Waals surface area contributed by atoms with Crippen LogP contribution in [0.1, 0.15) is 19.2 Å². The second-order valence-electron chi connectivity index (χ2n) is 4.82. The minimum atomic E-state index is -0.819. The minimum absolute atomic E-state index is 0.0256. The van der Waals surface area contributed by atoms with E-state index in [1.807, 2.05) is 41.6 Å². The van der Waals surface area contributed by atoms with Gasteiger partial charge in [-0.1, -0.05) is 18.5 Å². The molecule has 0 aliphatic rings. The molecule has 2 rings (SSSR count). The molecule has 2 aromatic rings. The molecular formula is C14H18ClN3O2. The van der Waals surface area contributed by atoms with E-state index >= 15 is 0 Å². The highest BCUT2D eigenvalue weighted by Crippen LogP contribution is 2.20. The first-order chi connectivity index (χ1) is 9.51. The summed E-state index contributed by atoms with van der Waals surface area (Å²) < 4.78 is 1.98. The SMILES string of the molecule is CCCN(CC(=O)O)Cc1nc2cc(Cl)ccc2n1C. The van der Waals surface area contributed by atoms with Crippen molar-refractivity contribution in [1.82, 2.24) is 14.5 Å². The van der Waals surface area contributed by atoms with Crippen LogP contribution in [0.5, 0.6) is 0 Å². The maximum absolute atomic E-state index is 10.9. The lowest BCUT2D eigenvalue weighted by atomic mass is 10.3. The zero-order chi connectivity index (χ0) is 14.7. The largest absolute Gasteiger partial charge is 0.480 e. The van der Waals surface area contributed by atoms with Gasteiger partial charge < -0.3 is 9.67 Å². The molecule has 5 nitrogen and oxygen atoms in total. The van der Waals surface area contributed by atoms with Gasteiger partial charge in [0.15, 0.2) is 0 Å². The van der Waals surface area contributed by atoms with Crippen LogP contribution in [0.4, 0.5) is 0 Å². The van der Waals surface area contributed by atoms with E-state index in [4.69, 9.17) is 16.7 Å². The molecule has 1 N–H and O–H groups in total. The van der Waals surface area contributed by atoms with Crippen LogP contribution in [-0.2, 0) is 18.4 Å². The number of hydrogen-bond donors (Lipinski definition) is 1. The quantitative estimate of drug-likeness (QED) is 0.889. The number of fused-ring (bicyclic) bond motifs is 1. The molecule has 0 spiro atoms. The number of aromatic nitrogens is 2. The Kier molecular flexibility index (Phi) is 4.62. The number of carboxylic acid groups (broad SMARTS) is 1. The summed E-state index contributed by atoms with van der Waals surface area (Å²) in [5, 5.41) is 9.60. The summed E-state index contributed by atoms with van der Waals surface area (Å²) in [6.45, 7) is 3.31. The molecule has 6 heteroatoms. The number of aryl methyl sites for hydroxylation is 1. The van der Waals surface area contributed by atoms with Gasteiger partial charge >= 0.3 is 5.97 Å². The third kappa shape index (κ3) is 3.29. The highest BCUT2D eigenvalue weighted by Gasteiger charge is 2.14. The zero-order valence-corrected chi connectivity index (χ0v) is 12.4. The van der Waals surface area contributed by atoms with E-state index in [-0.39, 0.29) is 6.54 Å². The maximum Gasteiger partial charge on any atom is 0.317 e. The third-order valence-corrected chi connectivity index (χ3v) is 3.43. The van der Waals surface area contributed by atoms with Gasteiger partial charge in [-0.3, -0.25) is 9.69 Å². The van der Waals surface area contributed by atoms with Crippen molar-refractivity contribution in [2.24, 2.45) is 7.05 Å². The summed E-state index contributed by atoms with van der Waals surface area (Å²) in [5.74, 6) is 0.0252. The number of hydrogen-bond acceptors (Lipinski definition) is 3. The standard InChI is InChI=1S/C14H18ClN3O2/c1-3-6-18(9-14(19)20)8-13-16-11-7-10(15)4-5-12(11)17(13)2/h4-5,7H,3,6,8-9H2,1-2H3,(H,19,20). The van der Waals surface area contributed by atoms with Gasteiger partial charge in [-0.05, 0) is 31.2 Å². The van der Waals surface area contributed by atoms with Crippen LogP contribution >= 0.6 is 11.6 Å². The van der Waals surface area contributed by atoms with Gasteiger partial charge in [0.25, 0.3) is 0 Å². The Morgan fingerprint density at radius 2 is 2.25 bits per heavy atom. The number of carboxylic acids is 1.